The molecule has 1 saturated carbocycles. The van der Waals surface area contributed by atoms with Gasteiger partial charge in [-0.1, -0.05) is 5.11 Å². The molecule has 2 atom stereocenters. The van der Waals surface area contributed by atoms with Crippen LogP contribution in [0.4, 0.5) is 17.7 Å². The molecule has 1 aliphatic carbocycles. The van der Waals surface area contributed by atoms with Gasteiger partial charge in [-0.3, -0.25) is 9.50 Å². The molecular formula is C17H18N10O2. The summed E-state index contributed by atoms with van der Waals surface area (Å²) in [7, 11) is 0. The van der Waals surface area contributed by atoms with Crippen LogP contribution < -0.4 is 10.2 Å². The van der Waals surface area contributed by atoms with E-state index in [4.69, 9.17) is 5.53 Å². The monoisotopic (exact) mass is 394 g/mol. The summed E-state index contributed by atoms with van der Waals surface area (Å²) in [5.41, 5.74) is 10.4. The van der Waals surface area contributed by atoms with Crippen molar-refractivity contribution in [2.45, 2.75) is 37.3 Å². The third kappa shape index (κ3) is 3.19. The van der Waals surface area contributed by atoms with Crippen molar-refractivity contribution in [3.63, 3.8) is 0 Å². The first-order valence-electron chi connectivity index (χ1n) is 9.33. The van der Waals surface area contributed by atoms with E-state index in [1.54, 1.807) is 9.30 Å². The normalized spacial score (nSPS) is 21.3. The Hall–Kier alpha value is -3.79. The summed E-state index contributed by atoms with van der Waals surface area (Å²) >= 11 is 0. The lowest BCUT2D eigenvalue weighted by Gasteiger charge is -2.22. The Balaban J connectivity index is 1.50. The topological polar surface area (TPSA) is 160 Å². The number of nitrogens with zero attached hydrogens (tertiary/aromatic N) is 8. The highest BCUT2D eigenvalue weighted by molar-refractivity contribution is 5.78. The second kappa shape index (κ2) is 6.67. The minimum atomic E-state index is -1.00. The van der Waals surface area contributed by atoms with Crippen LogP contribution >= 0.6 is 0 Å². The Morgan fingerprint density at radius 1 is 1.41 bits per heavy atom. The molecule has 2 aliphatic rings. The summed E-state index contributed by atoms with van der Waals surface area (Å²) in [6, 6.07) is 4.30. The van der Waals surface area contributed by atoms with E-state index in [1.165, 1.54) is 12.8 Å². The Morgan fingerprint density at radius 3 is 3.03 bits per heavy atom. The zero-order valence-corrected chi connectivity index (χ0v) is 15.3. The number of aromatic nitrogens is 5. The number of hydrogen-bond donors (Lipinski definition) is 3. The largest absolute Gasteiger partial charge is 0.480 e. The van der Waals surface area contributed by atoms with Crippen molar-refractivity contribution in [3.05, 3.63) is 40.5 Å². The van der Waals surface area contributed by atoms with Gasteiger partial charge in [-0.25, -0.2) is 4.79 Å². The van der Waals surface area contributed by atoms with Gasteiger partial charge in [0.05, 0.1) is 6.04 Å². The quantitative estimate of drug-likeness (QED) is 0.328. The molecule has 3 aromatic rings. The molecule has 3 N–H and O–H groups in total. The zero-order chi connectivity index (χ0) is 20.0. The Labute approximate surface area is 164 Å². The van der Waals surface area contributed by atoms with E-state index in [0.717, 1.165) is 5.69 Å². The van der Waals surface area contributed by atoms with E-state index in [-0.39, 0.29) is 18.9 Å². The molecule has 148 valence electrons. The van der Waals surface area contributed by atoms with E-state index >= 15 is 0 Å². The molecule has 12 heteroatoms. The summed E-state index contributed by atoms with van der Waals surface area (Å²) in [6.45, 7) is 0.242. The highest BCUT2D eigenvalue weighted by Gasteiger charge is 2.38. The van der Waals surface area contributed by atoms with E-state index < -0.39 is 18.1 Å². The maximum atomic E-state index is 11.7. The molecular weight excluding hydrogens is 376 g/mol. The number of aromatic amines is 1. The van der Waals surface area contributed by atoms with Gasteiger partial charge < -0.3 is 15.3 Å². The van der Waals surface area contributed by atoms with Crippen molar-refractivity contribution >= 4 is 29.3 Å². The first-order valence-corrected chi connectivity index (χ1v) is 9.33. The molecule has 0 aromatic carbocycles. The second-order valence-electron chi connectivity index (χ2n) is 7.29. The van der Waals surface area contributed by atoms with Crippen molar-refractivity contribution in [1.82, 2.24) is 24.6 Å². The smallest absolute Gasteiger partial charge is 0.326 e. The fourth-order valence-corrected chi connectivity index (χ4v) is 3.68. The lowest BCUT2D eigenvalue weighted by atomic mass is 10.2. The summed E-state index contributed by atoms with van der Waals surface area (Å²) in [4.78, 5) is 25.2. The van der Waals surface area contributed by atoms with Gasteiger partial charge in [0.25, 0.3) is 0 Å². The van der Waals surface area contributed by atoms with Gasteiger partial charge in [-0.05, 0) is 36.9 Å². The first-order chi connectivity index (χ1) is 14.1. The van der Waals surface area contributed by atoms with Gasteiger partial charge in [0.2, 0.25) is 11.9 Å². The van der Waals surface area contributed by atoms with Crippen molar-refractivity contribution in [2.75, 3.05) is 16.8 Å². The lowest BCUT2D eigenvalue weighted by Crippen LogP contribution is -2.37. The molecule has 0 bridgehead atoms. The molecule has 0 radical (unpaired) electrons. The van der Waals surface area contributed by atoms with E-state index in [0.29, 0.717) is 23.3 Å². The van der Waals surface area contributed by atoms with Crippen LogP contribution in [0, 0.1) is 0 Å². The summed E-state index contributed by atoms with van der Waals surface area (Å²) in [6.07, 6.45) is 4.36. The van der Waals surface area contributed by atoms with Crippen molar-refractivity contribution < 1.29 is 9.90 Å². The number of hydrogen-bond acceptors (Lipinski definition) is 7. The van der Waals surface area contributed by atoms with Gasteiger partial charge in [0, 0.05) is 35.3 Å². The van der Waals surface area contributed by atoms with Crippen molar-refractivity contribution in [3.8, 4) is 0 Å². The number of anilines is 3. The SMILES string of the molecule is [N-]=[N+]=N[C@H]1C[C@@H](C(=O)O)N(c2nc(Nc3cc(C4CC4)[nH]n3)n3cccc3n2)C1. The summed E-state index contributed by atoms with van der Waals surface area (Å²) < 4.78 is 1.77. The number of carbonyl (C=O) groups is 1. The van der Waals surface area contributed by atoms with E-state index in [9.17, 15) is 9.90 Å². The van der Waals surface area contributed by atoms with Crippen LogP contribution in [0.2, 0.25) is 0 Å². The van der Waals surface area contributed by atoms with Crippen LogP contribution in [0.25, 0.3) is 16.1 Å². The van der Waals surface area contributed by atoms with Gasteiger partial charge in [-0.15, -0.1) is 0 Å². The van der Waals surface area contributed by atoms with Crippen LogP contribution in [-0.4, -0.2) is 54.3 Å². The van der Waals surface area contributed by atoms with E-state index in [1.807, 2.05) is 24.4 Å². The van der Waals surface area contributed by atoms with Crippen LogP contribution in [0.3, 0.4) is 0 Å². The molecule has 1 saturated heterocycles. The van der Waals surface area contributed by atoms with Gasteiger partial charge >= 0.3 is 5.97 Å². The fraction of sp³-hybridized carbons (Fsp3) is 0.412. The zero-order valence-electron chi connectivity index (χ0n) is 15.3. The van der Waals surface area contributed by atoms with Crippen molar-refractivity contribution in [2.24, 2.45) is 5.11 Å². The minimum Gasteiger partial charge on any atom is -0.480 e. The predicted molar refractivity (Wildman–Crippen MR) is 103 cm³/mol. The Morgan fingerprint density at radius 2 is 2.28 bits per heavy atom. The van der Waals surface area contributed by atoms with Crippen molar-refractivity contribution in [1.29, 1.82) is 0 Å². The van der Waals surface area contributed by atoms with Gasteiger partial charge in [0.15, 0.2) is 5.82 Å². The number of aliphatic carboxylic acids is 1. The van der Waals surface area contributed by atoms with Crippen LogP contribution in [-0.2, 0) is 4.79 Å². The summed E-state index contributed by atoms with van der Waals surface area (Å²) in [5, 5.41) is 23.8. The second-order valence-corrected chi connectivity index (χ2v) is 7.29. The molecule has 3 aromatic heterocycles. The third-order valence-corrected chi connectivity index (χ3v) is 5.27. The highest BCUT2D eigenvalue weighted by Crippen LogP contribution is 2.39. The fourth-order valence-electron chi connectivity index (χ4n) is 3.68. The number of nitrogens with one attached hydrogen (secondary N) is 2. The Kier molecular flexibility index (Phi) is 3.98. The maximum absolute atomic E-state index is 11.7. The number of carboxylic acid groups (broad SMARTS) is 1. The number of azide groups is 1. The molecule has 12 nitrogen and oxygen atoms in total. The highest BCUT2D eigenvalue weighted by atomic mass is 16.4. The number of fused-ring (bicyclic) bond motifs is 1. The summed E-state index contributed by atoms with van der Waals surface area (Å²) in [5.74, 6) is 0.911. The lowest BCUT2D eigenvalue weighted by molar-refractivity contribution is -0.138. The number of carboxylic acids is 1. The predicted octanol–water partition coefficient (Wildman–Crippen LogP) is 2.42. The van der Waals surface area contributed by atoms with Gasteiger partial charge in [0.1, 0.15) is 11.7 Å². The maximum Gasteiger partial charge on any atom is 0.326 e. The van der Waals surface area contributed by atoms with E-state index in [2.05, 4.69) is 35.5 Å². The van der Waals surface area contributed by atoms with Crippen LogP contribution in [0.1, 0.15) is 30.9 Å². The molecule has 29 heavy (non-hydrogen) atoms. The Bertz CT molecular complexity index is 1130. The molecule has 5 rings (SSSR count). The molecule has 0 spiro atoms. The first kappa shape index (κ1) is 17.3. The molecule has 4 heterocycles. The van der Waals surface area contributed by atoms with Crippen LogP contribution in [0.5, 0.6) is 0 Å². The average molecular weight is 394 g/mol. The molecule has 0 amide bonds. The minimum absolute atomic E-state index is 0.210. The average Bonchev–Trinajstić information content (AvgIpc) is 3.08. The molecule has 2 fully saturated rings. The molecule has 0 unspecified atom stereocenters. The molecule has 1 aliphatic heterocycles. The number of rotatable bonds is 6. The van der Waals surface area contributed by atoms with Crippen LogP contribution in [0.15, 0.2) is 29.5 Å². The van der Waals surface area contributed by atoms with Gasteiger partial charge in [-0.2, -0.15) is 15.1 Å². The standard InChI is InChI=1S/C17H18N10O2/c18-25-22-10-6-12(15(28)29)27(8-10)17-20-14-2-1-5-26(14)16(21-17)19-13-7-11(23-24-13)9-3-4-9/h1-2,5,7,9-10,12H,3-4,6,8H2,(H,28,29)(H2,19,20,21,23,24)/t10-,12-/m0/s1. The third-order valence-electron chi connectivity index (χ3n) is 5.27. The number of H-pyrrole nitrogens is 1.